The van der Waals surface area contributed by atoms with Gasteiger partial charge < -0.3 is 0 Å². The fraction of sp³-hybridized carbons (Fsp3) is 0.875. The number of esters is 1. The summed E-state index contributed by atoms with van der Waals surface area (Å²) in [6, 6.07) is 0. The summed E-state index contributed by atoms with van der Waals surface area (Å²) in [6.45, 7) is 2.69. The van der Waals surface area contributed by atoms with E-state index in [0.717, 1.165) is 23.7 Å². The van der Waals surface area contributed by atoms with Crippen LogP contribution in [0.2, 0.25) is 4.44 Å². The fourth-order valence-corrected chi connectivity index (χ4v) is 1.14. The average Bonchev–Trinajstić information content (AvgIpc) is 2.01. The molecule has 0 heterocycles. The van der Waals surface area contributed by atoms with Gasteiger partial charge in [-0.3, -0.25) is 0 Å². The summed E-state index contributed by atoms with van der Waals surface area (Å²) in [5.74, 6) is -0.0270. The third kappa shape index (κ3) is 8.17. The van der Waals surface area contributed by atoms with Crippen molar-refractivity contribution in [1.82, 2.24) is 0 Å². The van der Waals surface area contributed by atoms with Crippen LogP contribution >= 0.6 is 0 Å². The number of unbranched alkanes of at least 4 members (excludes halogenated alkanes) is 1. The molecule has 0 aromatic rings. The Bertz CT molecular complexity index is 104. The van der Waals surface area contributed by atoms with Crippen LogP contribution in [0.15, 0.2) is 0 Å². The molecule has 0 unspecified atom stereocenters. The number of ether oxygens (including phenoxy) is 1. The third-order valence-corrected chi connectivity index (χ3v) is 2.33. The molecule has 0 amide bonds. The summed E-state index contributed by atoms with van der Waals surface area (Å²) >= 11 is 1.50. The Balaban J connectivity index is 3.09. The molecule has 3 heteroatoms. The molecule has 0 aliphatic heterocycles. The topological polar surface area (TPSA) is 26.3 Å². The van der Waals surface area contributed by atoms with E-state index in [4.69, 9.17) is 4.74 Å². The summed E-state index contributed by atoms with van der Waals surface area (Å²) in [4.78, 5) is 10.9. The summed E-state index contributed by atoms with van der Waals surface area (Å²) in [7, 11) is 0. The summed E-state index contributed by atoms with van der Waals surface area (Å²) < 4.78 is 6.10. The van der Waals surface area contributed by atoms with Crippen molar-refractivity contribution in [2.75, 3.05) is 6.61 Å². The predicted molar refractivity (Wildman–Crippen MR) is 45.7 cm³/mol. The summed E-state index contributed by atoms with van der Waals surface area (Å²) in [5.41, 5.74) is 0. The summed E-state index contributed by atoms with van der Waals surface area (Å²) in [5, 5.41) is 0. The molecule has 0 aromatic carbocycles. The van der Waals surface area contributed by atoms with Gasteiger partial charge in [-0.25, -0.2) is 0 Å². The third-order valence-electron chi connectivity index (χ3n) is 1.32. The van der Waals surface area contributed by atoms with Crippen LogP contribution in [0.5, 0.6) is 0 Å². The summed E-state index contributed by atoms with van der Waals surface area (Å²) in [6.07, 6.45) is 3.67. The van der Waals surface area contributed by atoms with Crippen molar-refractivity contribution in [3.05, 3.63) is 0 Å². The second-order valence-corrected chi connectivity index (χ2v) is 3.85. The number of hydrogen-bond donors (Lipinski definition) is 0. The van der Waals surface area contributed by atoms with Crippen LogP contribution < -0.4 is 0 Å². The van der Waals surface area contributed by atoms with Crippen molar-refractivity contribution in [3.8, 4) is 0 Å². The van der Waals surface area contributed by atoms with Crippen LogP contribution in [0.4, 0.5) is 0 Å². The molecule has 0 saturated carbocycles. The molecular formula is C8H15O2Sn+. The first-order chi connectivity index (χ1) is 5.31. The van der Waals surface area contributed by atoms with Gasteiger partial charge in [-0.15, -0.1) is 0 Å². The van der Waals surface area contributed by atoms with Crippen LogP contribution in [-0.2, 0) is 9.53 Å². The van der Waals surface area contributed by atoms with Crippen molar-refractivity contribution in [3.63, 3.8) is 0 Å². The molecule has 0 saturated heterocycles. The Kier molecular flexibility index (Phi) is 8.57. The molecule has 0 atom stereocenters. The number of carbonyl (C=O) groups excluding carboxylic acids is 1. The zero-order valence-electron chi connectivity index (χ0n) is 7.06. The van der Waals surface area contributed by atoms with Crippen molar-refractivity contribution < 1.29 is 9.53 Å². The standard InChI is InChI=1S/C8H15O2.Sn/c1-3-5-7-10-8(9)6-4-2;/h2-7H2,1H3;/q;+1. The Morgan fingerprint density at radius 1 is 1.45 bits per heavy atom. The molecule has 0 aliphatic rings. The fourth-order valence-electron chi connectivity index (χ4n) is 0.635. The number of hydrogen-bond acceptors (Lipinski definition) is 2. The molecule has 0 rings (SSSR count). The molecule has 0 N–H and O–H groups in total. The first-order valence-electron chi connectivity index (χ1n) is 4.11. The van der Waals surface area contributed by atoms with Crippen LogP contribution in [0, 0.1) is 0 Å². The van der Waals surface area contributed by atoms with Crippen LogP contribution in [0.3, 0.4) is 0 Å². The molecule has 0 fully saturated rings. The molecular weight excluding hydrogens is 247 g/mol. The second kappa shape index (κ2) is 8.37. The Labute approximate surface area is 81.8 Å². The first-order valence-corrected chi connectivity index (χ1v) is 6.13. The normalized spacial score (nSPS) is 9.55. The van der Waals surface area contributed by atoms with Gasteiger partial charge in [-0.05, 0) is 0 Å². The Hall–Kier alpha value is 0.269. The van der Waals surface area contributed by atoms with Gasteiger partial charge in [0.25, 0.3) is 0 Å². The second-order valence-electron chi connectivity index (χ2n) is 2.43. The minimum atomic E-state index is -0.0270. The molecule has 62 valence electrons. The van der Waals surface area contributed by atoms with Gasteiger partial charge in [0.05, 0.1) is 0 Å². The molecule has 0 aliphatic carbocycles. The molecule has 11 heavy (non-hydrogen) atoms. The van der Waals surface area contributed by atoms with Crippen molar-refractivity contribution in [2.45, 2.75) is 37.0 Å². The molecule has 2 nitrogen and oxygen atoms in total. The maximum absolute atomic E-state index is 10.9. The quantitative estimate of drug-likeness (QED) is 0.413. The van der Waals surface area contributed by atoms with Crippen molar-refractivity contribution >= 4 is 28.5 Å². The van der Waals surface area contributed by atoms with E-state index in [1.54, 1.807) is 0 Å². The monoisotopic (exact) mass is 263 g/mol. The van der Waals surface area contributed by atoms with Crippen LogP contribution in [0.1, 0.15) is 32.6 Å². The first kappa shape index (κ1) is 11.3. The molecule has 0 spiro atoms. The zero-order chi connectivity index (χ0) is 8.53. The maximum atomic E-state index is 10.9. The van der Waals surface area contributed by atoms with Gasteiger partial charge in [0, 0.05) is 0 Å². The molecule has 0 aromatic heterocycles. The Morgan fingerprint density at radius 3 is 2.73 bits per heavy atom. The van der Waals surface area contributed by atoms with E-state index in [-0.39, 0.29) is 5.97 Å². The van der Waals surface area contributed by atoms with Gasteiger partial charge in [-0.2, -0.15) is 0 Å². The SMILES string of the molecule is CCCCOC(=O)CC[CH2][Sn+]. The van der Waals surface area contributed by atoms with Crippen LogP contribution in [-0.4, -0.2) is 35.1 Å². The molecule has 0 bridgehead atoms. The zero-order valence-corrected chi connectivity index (χ0v) is 9.91. The minimum absolute atomic E-state index is 0.0270. The van der Waals surface area contributed by atoms with E-state index in [1.165, 1.54) is 22.5 Å². The van der Waals surface area contributed by atoms with E-state index in [0.29, 0.717) is 13.0 Å². The van der Waals surface area contributed by atoms with Gasteiger partial charge in [0.2, 0.25) is 0 Å². The van der Waals surface area contributed by atoms with Crippen molar-refractivity contribution in [1.29, 1.82) is 0 Å². The van der Waals surface area contributed by atoms with Gasteiger partial charge >= 0.3 is 81.7 Å². The van der Waals surface area contributed by atoms with E-state index >= 15 is 0 Å². The van der Waals surface area contributed by atoms with E-state index < -0.39 is 0 Å². The van der Waals surface area contributed by atoms with E-state index in [1.807, 2.05) is 0 Å². The van der Waals surface area contributed by atoms with E-state index in [2.05, 4.69) is 6.92 Å². The van der Waals surface area contributed by atoms with Crippen molar-refractivity contribution in [2.24, 2.45) is 0 Å². The Morgan fingerprint density at radius 2 is 2.18 bits per heavy atom. The number of carbonyl (C=O) groups is 1. The molecule has 2 radical (unpaired) electrons. The average molecular weight is 262 g/mol. The van der Waals surface area contributed by atoms with Gasteiger partial charge in [-0.1, -0.05) is 0 Å². The predicted octanol–water partition coefficient (Wildman–Crippen LogP) is 1.70. The van der Waals surface area contributed by atoms with E-state index in [9.17, 15) is 4.79 Å². The van der Waals surface area contributed by atoms with Gasteiger partial charge in [0.1, 0.15) is 0 Å². The van der Waals surface area contributed by atoms with Gasteiger partial charge in [0.15, 0.2) is 0 Å². The van der Waals surface area contributed by atoms with Crippen LogP contribution in [0.25, 0.3) is 0 Å². The number of rotatable bonds is 6.